The zero-order valence-corrected chi connectivity index (χ0v) is 12.0. The molecule has 0 saturated heterocycles. The Labute approximate surface area is 122 Å². The predicted octanol–water partition coefficient (Wildman–Crippen LogP) is 1.87. The van der Waals surface area contributed by atoms with E-state index in [-0.39, 0.29) is 5.97 Å². The van der Waals surface area contributed by atoms with E-state index in [1.807, 2.05) is 24.3 Å². The molecule has 0 N–H and O–H groups in total. The van der Waals surface area contributed by atoms with Gasteiger partial charge >= 0.3 is 5.97 Å². The van der Waals surface area contributed by atoms with Gasteiger partial charge in [0.2, 0.25) is 5.89 Å². The second kappa shape index (κ2) is 5.20. The van der Waals surface area contributed by atoms with Gasteiger partial charge in [0.1, 0.15) is 11.2 Å². The fraction of sp³-hybridized carbons (Fsp3) is 0.400. The van der Waals surface area contributed by atoms with Crippen LogP contribution in [0.2, 0.25) is 0 Å². The normalized spacial score (nSPS) is 15.5. The number of methoxy groups -OCH3 is 2. The molecule has 1 aliphatic rings. The minimum absolute atomic E-state index is 0.306. The molecule has 110 valence electrons. The van der Waals surface area contributed by atoms with E-state index < -0.39 is 5.41 Å². The molecule has 21 heavy (non-hydrogen) atoms. The minimum atomic E-state index is -0.714. The Morgan fingerprint density at radius 3 is 2.86 bits per heavy atom. The highest BCUT2D eigenvalue weighted by Crippen LogP contribution is 2.48. The highest BCUT2D eigenvalue weighted by molar-refractivity contribution is 5.85. The van der Waals surface area contributed by atoms with Crippen LogP contribution in [0.25, 0.3) is 0 Å². The van der Waals surface area contributed by atoms with Crippen LogP contribution in [0.5, 0.6) is 5.75 Å². The molecule has 1 aliphatic carbocycles. The van der Waals surface area contributed by atoms with Gasteiger partial charge in [-0.25, -0.2) is 0 Å². The summed E-state index contributed by atoms with van der Waals surface area (Å²) in [6, 6.07) is 7.67. The SMILES string of the molecule is COC(=O)C1(c2nc(Cc3cccc(OC)c3)no2)CC1. The fourth-order valence-corrected chi connectivity index (χ4v) is 2.31. The molecule has 6 nitrogen and oxygen atoms in total. The summed E-state index contributed by atoms with van der Waals surface area (Å²) >= 11 is 0. The summed E-state index contributed by atoms with van der Waals surface area (Å²) in [6.07, 6.45) is 1.92. The van der Waals surface area contributed by atoms with E-state index in [4.69, 9.17) is 14.0 Å². The molecule has 1 fully saturated rings. The molecule has 6 heteroatoms. The predicted molar refractivity (Wildman–Crippen MR) is 73.0 cm³/mol. The summed E-state index contributed by atoms with van der Waals surface area (Å²) in [5.74, 6) is 1.38. The maximum Gasteiger partial charge on any atom is 0.321 e. The Morgan fingerprint density at radius 2 is 2.19 bits per heavy atom. The third kappa shape index (κ3) is 2.49. The fourth-order valence-electron chi connectivity index (χ4n) is 2.31. The largest absolute Gasteiger partial charge is 0.497 e. The van der Waals surface area contributed by atoms with E-state index in [9.17, 15) is 4.79 Å². The van der Waals surface area contributed by atoms with Gasteiger partial charge in [0.15, 0.2) is 5.82 Å². The molecule has 0 aliphatic heterocycles. The molecule has 0 spiro atoms. The van der Waals surface area contributed by atoms with Crippen molar-refractivity contribution < 1.29 is 18.8 Å². The summed E-state index contributed by atoms with van der Waals surface area (Å²) in [7, 11) is 2.99. The number of hydrogen-bond acceptors (Lipinski definition) is 6. The highest BCUT2D eigenvalue weighted by Gasteiger charge is 2.57. The number of nitrogens with zero attached hydrogens (tertiary/aromatic N) is 2. The minimum Gasteiger partial charge on any atom is -0.497 e. The van der Waals surface area contributed by atoms with Crippen molar-refractivity contribution in [3.8, 4) is 5.75 Å². The van der Waals surface area contributed by atoms with Gasteiger partial charge < -0.3 is 14.0 Å². The lowest BCUT2D eigenvalue weighted by molar-refractivity contribution is -0.144. The maximum atomic E-state index is 11.8. The van der Waals surface area contributed by atoms with Crippen LogP contribution < -0.4 is 4.74 Å². The van der Waals surface area contributed by atoms with Crippen LogP contribution in [0.15, 0.2) is 28.8 Å². The zero-order valence-electron chi connectivity index (χ0n) is 12.0. The van der Waals surface area contributed by atoms with E-state index in [1.165, 1.54) is 7.11 Å². The van der Waals surface area contributed by atoms with Crippen molar-refractivity contribution in [3.63, 3.8) is 0 Å². The van der Waals surface area contributed by atoms with Crippen molar-refractivity contribution in [1.29, 1.82) is 0 Å². The Morgan fingerprint density at radius 1 is 1.38 bits per heavy atom. The van der Waals surface area contributed by atoms with Crippen LogP contribution in [-0.2, 0) is 21.4 Å². The lowest BCUT2D eigenvalue weighted by Crippen LogP contribution is -2.22. The monoisotopic (exact) mass is 288 g/mol. The highest BCUT2D eigenvalue weighted by atomic mass is 16.5. The van der Waals surface area contributed by atoms with Crippen molar-refractivity contribution in [1.82, 2.24) is 10.1 Å². The number of ether oxygens (including phenoxy) is 2. The smallest absolute Gasteiger partial charge is 0.321 e. The van der Waals surface area contributed by atoms with Gasteiger partial charge in [-0.05, 0) is 30.5 Å². The first kappa shape index (κ1) is 13.6. The molecule has 0 atom stereocenters. The van der Waals surface area contributed by atoms with Crippen molar-refractivity contribution in [2.24, 2.45) is 0 Å². The Bertz CT molecular complexity index is 661. The molecule has 0 unspecified atom stereocenters. The van der Waals surface area contributed by atoms with E-state index in [2.05, 4.69) is 10.1 Å². The van der Waals surface area contributed by atoms with E-state index in [0.717, 1.165) is 11.3 Å². The molecule has 2 aromatic rings. The van der Waals surface area contributed by atoms with Gasteiger partial charge in [-0.3, -0.25) is 4.79 Å². The van der Waals surface area contributed by atoms with Crippen LogP contribution in [0.4, 0.5) is 0 Å². The second-order valence-corrected chi connectivity index (χ2v) is 5.12. The topological polar surface area (TPSA) is 74.5 Å². The Kier molecular flexibility index (Phi) is 3.37. The molecule has 3 rings (SSSR count). The molecule has 1 aromatic carbocycles. The average Bonchev–Trinajstić information content (AvgIpc) is 3.20. The number of hydrogen-bond donors (Lipinski definition) is 0. The molecule has 1 heterocycles. The second-order valence-electron chi connectivity index (χ2n) is 5.12. The van der Waals surface area contributed by atoms with Gasteiger partial charge in [0, 0.05) is 6.42 Å². The summed E-state index contributed by atoms with van der Waals surface area (Å²) in [6.45, 7) is 0. The molecule has 0 bridgehead atoms. The maximum absolute atomic E-state index is 11.8. The Hall–Kier alpha value is -2.37. The average molecular weight is 288 g/mol. The zero-order chi connectivity index (χ0) is 14.9. The van der Waals surface area contributed by atoms with E-state index in [0.29, 0.717) is 31.0 Å². The molecule has 1 saturated carbocycles. The summed E-state index contributed by atoms with van der Waals surface area (Å²) in [5, 5.41) is 3.96. The first-order chi connectivity index (χ1) is 10.2. The van der Waals surface area contributed by atoms with Crippen molar-refractivity contribution in [2.45, 2.75) is 24.7 Å². The lowest BCUT2D eigenvalue weighted by atomic mass is 10.1. The van der Waals surface area contributed by atoms with Crippen molar-refractivity contribution in [2.75, 3.05) is 14.2 Å². The number of rotatable bonds is 5. The number of aromatic nitrogens is 2. The third-order valence-electron chi connectivity index (χ3n) is 3.70. The van der Waals surface area contributed by atoms with E-state index >= 15 is 0 Å². The quantitative estimate of drug-likeness (QED) is 0.782. The third-order valence-corrected chi connectivity index (χ3v) is 3.70. The molecule has 0 radical (unpaired) electrons. The molecular weight excluding hydrogens is 272 g/mol. The number of carbonyl (C=O) groups is 1. The van der Waals surface area contributed by atoms with Crippen molar-refractivity contribution in [3.05, 3.63) is 41.5 Å². The molecule has 1 aromatic heterocycles. The Balaban J connectivity index is 1.78. The molecule has 0 amide bonds. The molecular formula is C15H16N2O4. The summed E-state index contributed by atoms with van der Waals surface area (Å²) in [4.78, 5) is 16.1. The van der Waals surface area contributed by atoms with Gasteiger partial charge in [0.25, 0.3) is 0 Å². The van der Waals surface area contributed by atoms with Crippen molar-refractivity contribution >= 4 is 5.97 Å². The first-order valence-corrected chi connectivity index (χ1v) is 6.72. The van der Waals surface area contributed by atoms with Crippen LogP contribution in [0.3, 0.4) is 0 Å². The summed E-state index contributed by atoms with van der Waals surface area (Å²) in [5.41, 5.74) is 0.304. The number of esters is 1. The van der Waals surface area contributed by atoms with Gasteiger partial charge in [-0.15, -0.1) is 0 Å². The van der Waals surface area contributed by atoms with Crippen LogP contribution in [-0.4, -0.2) is 30.3 Å². The van der Waals surface area contributed by atoms with E-state index in [1.54, 1.807) is 7.11 Å². The van der Waals surface area contributed by atoms with Gasteiger partial charge in [0.05, 0.1) is 14.2 Å². The van der Waals surface area contributed by atoms with Gasteiger partial charge in [-0.1, -0.05) is 17.3 Å². The first-order valence-electron chi connectivity index (χ1n) is 6.72. The number of carbonyl (C=O) groups excluding carboxylic acids is 1. The number of benzene rings is 1. The standard InChI is InChI=1S/C15H16N2O4/c1-19-11-5-3-4-10(8-11)9-12-16-13(21-17-12)15(6-7-15)14(18)20-2/h3-5,8H,6-7,9H2,1-2H3. The lowest BCUT2D eigenvalue weighted by Gasteiger charge is -2.05. The summed E-state index contributed by atoms with van der Waals surface area (Å²) < 4.78 is 15.2. The van der Waals surface area contributed by atoms with Crippen LogP contribution >= 0.6 is 0 Å². The van der Waals surface area contributed by atoms with Crippen LogP contribution in [0.1, 0.15) is 30.1 Å². The van der Waals surface area contributed by atoms with Gasteiger partial charge in [-0.2, -0.15) is 4.98 Å². The van der Waals surface area contributed by atoms with Crippen LogP contribution in [0, 0.1) is 0 Å².